The molecule has 2 rings (SSSR count). The summed E-state index contributed by atoms with van der Waals surface area (Å²) < 4.78 is 33.7. The number of hydrogen-bond acceptors (Lipinski definition) is 4. The van der Waals surface area contributed by atoms with Crippen LogP contribution in [0.5, 0.6) is 5.75 Å². The van der Waals surface area contributed by atoms with E-state index in [1.807, 2.05) is 20.8 Å². The molecule has 1 unspecified atom stereocenters. The van der Waals surface area contributed by atoms with Gasteiger partial charge in [-0.15, -0.1) is 0 Å². The largest absolute Gasteiger partial charge is 0.496 e. The molecule has 1 aromatic rings. The molecule has 6 heteroatoms. The van der Waals surface area contributed by atoms with Crippen molar-refractivity contribution in [2.75, 3.05) is 33.8 Å². The Morgan fingerprint density at radius 2 is 2.00 bits per heavy atom. The molecular formula is C17H28N2O3S. The molecule has 0 bridgehead atoms. The van der Waals surface area contributed by atoms with Crippen LogP contribution in [0.25, 0.3) is 0 Å². The van der Waals surface area contributed by atoms with Gasteiger partial charge in [-0.2, -0.15) is 0 Å². The second-order valence-electron chi connectivity index (χ2n) is 6.60. The minimum atomic E-state index is -3.51. The first-order chi connectivity index (χ1) is 10.8. The second kappa shape index (κ2) is 7.20. The highest BCUT2D eigenvalue weighted by Crippen LogP contribution is 2.30. The molecule has 1 aliphatic heterocycles. The topological polar surface area (TPSA) is 58.6 Å². The SMILES string of the molecule is COc1cc(C)c(S(=O)(=O)NCC2CCCN(C)C2)c(C)c1C. The maximum Gasteiger partial charge on any atom is 0.241 e. The van der Waals surface area contributed by atoms with Crippen LogP contribution in [0.2, 0.25) is 0 Å². The van der Waals surface area contributed by atoms with E-state index in [1.54, 1.807) is 13.2 Å². The zero-order valence-corrected chi connectivity index (χ0v) is 15.6. The number of ether oxygens (including phenoxy) is 1. The summed E-state index contributed by atoms with van der Waals surface area (Å²) in [6.07, 6.45) is 2.20. The molecule has 5 nitrogen and oxygen atoms in total. The summed E-state index contributed by atoms with van der Waals surface area (Å²) in [7, 11) is 0.179. The van der Waals surface area contributed by atoms with Gasteiger partial charge in [-0.3, -0.25) is 0 Å². The number of sulfonamides is 1. The smallest absolute Gasteiger partial charge is 0.241 e. The molecule has 1 atom stereocenters. The number of benzene rings is 1. The van der Waals surface area contributed by atoms with Gasteiger partial charge in [-0.05, 0) is 75.9 Å². The van der Waals surface area contributed by atoms with E-state index in [0.29, 0.717) is 17.4 Å². The number of aryl methyl sites for hydroxylation is 1. The van der Waals surface area contributed by atoms with Crippen LogP contribution < -0.4 is 9.46 Å². The lowest BCUT2D eigenvalue weighted by atomic mass is 9.99. The van der Waals surface area contributed by atoms with Crippen LogP contribution in [0, 0.1) is 26.7 Å². The maximum absolute atomic E-state index is 12.8. The molecular weight excluding hydrogens is 312 g/mol. The number of likely N-dealkylation sites (tertiary alicyclic amines) is 1. The Kier molecular flexibility index (Phi) is 5.70. The monoisotopic (exact) mass is 340 g/mol. The molecule has 0 saturated carbocycles. The number of hydrogen-bond donors (Lipinski definition) is 1. The van der Waals surface area contributed by atoms with Crippen LogP contribution >= 0.6 is 0 Å². The molecule has 130 valence electrons. The summed E-state index contributed by atoms with van der Waals surface area (Å²) in [6, 6.07) is 1.80. The van der Waals surface area contributed by atoms with E-state index in [9.17, 15) is 8.42 Å². The van der Waals surface area contributed by atoms with Crippen molar-refractivity contribution in [1.82, 2.24) is 9.62 Å². The van der Waals surface area contributed by atoms with Gasteiger partial charge in [0.05, 0.1) is 12.0 Å². The Labute approximate surface area is 140 Å². The highest BCUT2D eigenvalue weighted by Gasteiger charge is 2.25. The first kappa shape index (κ1) is 18.2. The molecule has 1 fully saturated rings. The van der Waals surface area contributed by atoms with Gasteiger partial charge < -0.3 is 9.64 Å². The Morgan fingerprint density at radius 1 is 1.30 bits per heavy atom. The van der Waals surface area contributed by atoms with Crippen molar-refractivity contribution < 1.29 is 13.2 Å². The lowest BCUT2D eigenvalue weighted by molar-refractivity contribution is 0.211. The van der Waals surface area contributed by atoms with Crippen LogP contribution in [0.4, 0.5) is 0 Å². The number of nitrogens with zero attached hydrogens (tertiary/aromatic N) is 1. The fourth-order valence-electron chi connectivity index (χ4n) is 3.39. The van der Waals surface area contributed by atoms with Crippen LogP contribution in [0.1, 0.15) is 29.5 Å². The van der Waals surface area contributed by atoms with Crippen LogP contribution in [0.15, 0.2) is 11.0 Å². The van der Waals surface area contributed by atoms with Crippen molar-refractivity contribution in [3.8, 4) is 5.75 Å². The summed E-state index contributed by atoms with van der Waals surface area (Å²) in [5.41, 5.74) is 2.35. The van der Waals surface area contributed by atoms with E-state index in [2.05, 4.69) is 16.7 Å². The second-order valence-corrected chi connectivity index (χ2v) is 8.30. The summed E-state index contributed by atoms with van der Waals surface area (Å²) >= 11 is 0. The van der Waals surface area contributed by atoms with E-state index < -0.39 is 10.0 Å². The minimum Gasteiger partial charge on any atom is -0.496 e. The van der Waals surface area contributed by atoms with Gasteiger partial charge in [-0.1, -0.05) is 0 Å². The zero-order chi connectivity index (χ0) is 17.2. The van der Waals surface area contributed by atoms with Gasteiger partial charge in [0.1, 0.15) is 5.75 Å². The highest BCUT2D eigenvalue weighted by atomic mass is 32.2. The first-order valence-corrected chi connectivity index (χ1v) is 9.57. The predicted octanol–water partition coefficient (Wildman–Crippen LogP) is 2.24. The normalized spacial score (nSPS) is 19.8. The summed E-state index contributed by atoms with van der Waals surface area (Å²) in [5.74, 6) is 1.11. The molecule has 0 spiro atoms. The quantitative estimate of drug-likeness (QED) is 0.893. The zero-order valence-electron chi connectivity index (χ0n) is 14.8. The minimum absolute atomic E-state index is 0.378. The van der Waals surface area contributed by atoms with Crippen molar-refractivity contribution in [2.24, 2.45) is 5.92 Å². The average Bonchev–Trinajstić information content (AvgIpc) is 2.49. The Balaban J connectivity index is 2.21. The third-order valence-electron chi connectivity index (χ3n) is 4.75. The summed E-state index contributed by atoms with van der Waals surface area (Å²) in [6.45, 7) is 8.09. The number of piperidine rings is 1. The Morgan fingerprint density at radius 3 is 2.61 bits per heavy atom. The van der Waals surface area contributed by atoms with Crippen molar-refractivity contribution in [3.63, 3.8) is 0 Å². The van der Waals surface area contributed by atoms with E-state index in [0.717, 1.165) is 48.4 Å². The lowest BCUT2D eigenvalue weighted by Crippen LogP contribution is -2.39. The first-order valence-electron chi connectivity index (χ1n) is 8.09. The summed E-state index contributed by atoms with van der Waals surface area (Å²) in [5, 5.41) is 0. The predicted molar refractivity (Wildman–Crippen MR) is 92.6 cm³/mol. The van der Waals surface area contributed by atoms with Crippen molar-refractivity contribution in [2.45, 2.75) is 38.5 Å². The standard InChI is InChI=1S/C17H28N2O3S/c1-12-9-16(22-5)13(2)14(3)17(12)23(20,21)18-10-15-7-6-8-19(4)11-15/h9,15,18H,6-8,10-11H2,1-5H3. The molecule has 1 aliphatic rings. The average molecular weight is 340 g/mol. The van der Waals surface area contributed by atoms with Gasteiger partial charge >= 0.3 is 0 Å². The lowest BCUT2D eigenvalue weighted by Gasteiger charge is -2.29. The van der Waals surface area contributed by atoms with E-state index in [1.165, 1.54) is 0 Å². The molecule has 0 aliphatic carbocycles. The fourth-order valence-corrected chi connectivity index (χ4v) is 5.02. The van der Waals surface area contributed by atoms with Gasteiger partial charge in [0.25, 0.3) is 0 Å². The molecule has 1 heterocycles. The number of methoxy groups -OCH3 is 1. The molecule has 1 aromatic carbocycles. The third-order valence-corrected chi connectivity index (χ3v) is 6.46. The van der Waals surface area contributed by atoms with E-state index in [4.69, 9.17) is 4.74 Å². The maximum atomic E-state index is 12.8. The van der Waals surface area contributed by atoms with E-state index in [-0.39, 0.29) is 0 Å². The van der Waals surface area contributed by atoms with Crippen molar-refractivity contribution in [3.05, 3.63) is 22.8 Å². The number of rotatable bonds is 5. The Bertz CT molecular complexity index is 671. The van der Waals surface area contributed by atoms with Gasteiger partial charge in [0.15, 0.2) is 0 Å². The molecule has 1 N–H and O–H groups in total. The molecule has 0 radical (unpaired) electrons. The summed E-state index contributed by atoms with van der Waals surface area (Å²) in [4.78, 5) is 2.65. The highest BCUT2D eigenvalue weighted by molar-refractivity contribution is 7.89. The Hall–Kier alpha value is -1.11. The van der Waals surface area contributed by atoms with E-state index >= 15 is 0 Å². The van der Waals surface area contributed by atoms with Crippen molar-refractivity contribution in [1.29, 1.82) is 0 Å². The molecule has 1 saturated heterocycles. The molecule has 0 aromatic heterocycles. The van der Waals surface area contributed by atoms with Crippen LogP contribution in [0.3, 0.4) is 0 Å². The van der Waals surface area contributed by atoms with Gasteiger partial charge in [-0.25, -0.2) is 13.1 Å². The number of nitrogens with one attached hydrogen (secondary N) is 1. The molecule has 0 amide bonds. The third kappa shape index (κ3) is 4.05. The fraction of sp³-hybridized carbons (Fsp3) is 0.647. The van der Waals surface area contributed by atoms with Crippen LogP contribution in [-0.4, -0.2) is 47.1 Å². The molecule has 23 heavy (non-hydrogen) atoms. The van der Waals surface area contributed by atoms with Crippen molar-refractivity contribution >= 4 is 10.0 Å². The van der Waals surface area contributed by atoms with Crippen LogP contribution in [-0.2, 0) is 10.0 Å². The van der Waals surface area contributed by atoms with Gasteiger partial charge in [0, 0.05) is 13.1 Å². The van der Waals surface area contributed by atoms with Gasteiger partial charge in [0.2, 0.25) is 10.0 Å².